The van der Waals surface area contributed by atoms with Crippen molar-refractivity contribution in [2.45, 2.75) is 33.7 Å². The summed E-state index contributed by atoms with van der Waals surface area (Å²) in [6.45, 7) is 6.11. The molecule has 8 heteroatoms. The van der Waals surface area contributed by atoms with E-state index < -0.39 is 5.76 Å². The van der Waals surface area contributed by atoms with Gasteiger partial charge in [0.1, 0.15) is 13.3 Å². The first-order chi connectivity index (χ1) is 13.5. The lowest BCUT2D eigenvalue weighted by molar-refractivity contribution is -0.120. The molecule has 0 aliphatic heterocycles. The molecule has 0 spiro atoms. The van der Waals surface area contributed by atoms with E-state index in [0.29, 0.717) is 12.4 Å². The van der Waals surface area contributed by atoms with E-state index in [0.717, 1.165) is 27.9 Å². The molecule has 1 aromatic carbocycles. The van der Waals surface area contributed by atoms with Crippen molar-refractivity contribution in [1.29, 1.82) is 0 Å². The van der Waals surface area contributed by atoms with Crippen LogP contribution in [0.4, 0.5) is 5.69 Å². The molecule has 3 aromatic rings. The number of benzene rings is 1. The first-order valence-corrected chi connectivity index (χ1v) is 9.13. The number of hydrogen-bond donors (Lipinski definition) is 0. The van der Waals surface area contributed by atoms with E-state index in [1.807, 2.05) is 39.0 Å². The van der Waals surface area contributed by atoms with E-state index in [2.05, 4.69) is 5.10 Å². The van der Waals surface area contributed by atoms with Gasteiger partial charge in [0.25, 0.3) is 11.8 Å². The summed E-state index contributed by atoms with van der Waals surface area (Å²) in [4.78, 5) is 26.7. The molecule has 0 atom stereocenters. The number of nitrogens with zero attached hydrogens (tertiary/aromatic N) is 3. The number of aryl methyl sites for hydroxylation is 2. The Morgan fingerprint density at radius 1 is 1.25 bits per heavy atom. The van der Waals surface area contributed by atoms with Crippen molar-refractivity contribution in [3.8, 4) is 11.7 Å². The highest BCUT2D eigenvalue weighted by atomic mass is 16.5. The highest BCUT2D eigenvalue weighted by Gasteiger charge is 2.23. The zero-order valence-corrected chi connectivity index (χ0v) is 16.2. The lowest BCUT2D eigenvalue weighted by Gasteiger charge is -2.26. The molecule has 0 aliphatic carbocycles. The van der Waals surface area contributed by atoms with Crippen LogP contribution in [0, 0.1) is 6.92 Å². The molecule has 3 rings (SSSR count). The summed E-state index contributed by atoms with van der Waals surface area (Å²) in [6, 6.07) is 9.16. The first kappa shape index (κ1) is 19.6. The average Bonchev–Trinajstić information content (AvgIpc) is 3.33. The van der Waals surface area contributed by atoms with Crippen molar-refractivity contribution in [3.63, 3.8) is 0 Å². The van der Waals surface area contributed by atoms with Crippen molar-refractivity contribution in [2.24, 2.45) is 0 Å². The molecule has 0 fully saturated rings. The minimum absolute atomic E-state index is 0.0318. The number of carbonyl (C=O) groups excluding carboxylic acids is 1. The fraction of sp³-hybridized carbons (Fsp3) is 0.350. The molecule has 148 valence electrons. The molecular weight excluding hydrogens is 362 g/mol. The Hall–Kier alpha value is -3.13. The number of anilines is 1. The third-order valence-electron chi connectivity index (χ3n) is 4.32. The van der Waals surface area contributed by atoms with Crippen LogP contribution in [0.5, 0.6) is 0 Å². The van der Waals surface area contributed by atoms with Gasteiger partial charge in [-0.25, -0.2) is 4.79 Å². The Kier molecular flexibility index (Phi) is 6.10. The van der Waals surface area contributed by atoms with E-state index >= 15 is 0 Å². The van der Waals surface area contributed by atoms with Gasteiger partial charge in [0.15, 0.2) is 5.76 Å². The van der Waals surface area contributed by atoms with E-state index in [9.17, 15) is 9.59 Å². The van der Waals surface area contributed by atoms with Gasteiger partial charge in [-0.1, -0.05) is 25.1 Å². The van der Waals surface area contributed by atoms with Crippen LogP contribution in [0.1, 0.15) is 25.0 Å². The predicted octanol–water partition coefficient (Wildman–Crippen LogP) is 2.99. The van der Waals surface area contributed by atoms with Gasteiger partial charge >= 0.3 is 5.76 Å². The summed E-state index contributed by atoms with van der Waals surface area (Å²) in [5.74, 6) is -0.693. The Morgan fingerprint density at radius 3 is 2.75 bits per heavy atom. The van der Waals surface area contributed by atoms with Crippen LogP contribution in [0.15, 0.2) is 50.2 Å². The molecule has 28 heavy (non-hydrogen) atoms. The summed E-state index contributed by atoms with van der Waals surface area (Å²) < 4.78 is 16.8. The van der Waals surface area contributed by atoms with Crippen LogP contribution in [-0.2, 0) is 22.5 Å². The molecule has 2 aromatic heterocycles. The van der Waals surface area contributed by atoms with Crippen molar-refractivity contribution >= 4 is 11.6 Å². The van der Waals surface area contributed by atoms with E-state index in [-0.39, 0.29) is 25.1 Å². The fourth-order valence-electron chi connectivity index (χ4n) is 2.95. The maximum Gasteiger partial charge on any atom is 0.437 e. The second-order valence-electron chi connectivity index (χ2n) is 6.19. The highest BCUT2D eigenvalue weighted by Crippen LogP contribution is 2.26. The lowest BCUT2D eigenvalue weighted by atomic mass is 10.0. The smallest absolute Gasteiger partial charge is 0.437 e. The van der Waals surface area contributed by atoms with Gasteiger partial charge in [-0.15, -0.1) is 5.10 Å². The third kappa shape index (κ3) is 4.07. The van der Waals surface area contributed by atoms with Gasteiger partial charge in [-0.2, -0.15) is 4.68 Å². The third-order valence-corrected chi connectivity index (χ3v) is 4.32. The Morgan fingerprint density at radius 2 is 2.07 bits per heavy atom. The van der Waals surface area contributed by atoms with Gasteiger partial charge < -0.3 is 13.6 Å². The Bertz CT molecular complexity index is 988. The summed E-state index contributed by atoms with van der Waals surface area (Å²) in [6.07, 6.45) is 2.22. The molecule has 1 amide bonds. The molecule has 2 heterocycles. The summed E-state index contributed by atoms with van der Waals surface area (Å²) in [5.41, 5.74) is 2.78. The number of rotatable bonds is 8. The van der Waals surface area contributed by atoms with Crippen LogP contribution in [0.25, 0.3) is 11.7 Å². The van der Waals surface area contributed by atoms with Crippen molar-refractivity contribution < 1.29 is 18.4 Å². The largest absolute Gasteiger partial charge is 0.459 e. The van der Waals surface area contributed by atoms with Crippen LogP contribution in [0.2, 0.25) is 0 Å². The van der Waals surface area contributed by atoms with E-state index in [1.54, 1.807) is 17.0 Å². The number of para-hydroxylation sites is 1. The maximum absolute atomic E-state index is 13.1. The lowest BCUT2D eigenvalue weighted by Crippen LogP contribution is -2.38. The number of hydrogen-bond acceptors (Lipinski definition) is 6. The van der Waals surface area contributed by atoms with E-state index in [4.69, 9.17) is 13.6 Å². The average molecular weight is 385 g/mol. The quantitative estimate of drug-likeness (QED) is 0.554. The monoisotopic (exact) mass is 385 g/mol. The number of furan rings is 1. The molecule has 8 nitrogen and oxygen atoms in total. The summed E-state index contributed by atoms with van der Waals surface area (Å²) >= 11 is 0. The predicted molar refractivity (Wildman–Crippen MR) is 103 cm³/mol. The molecule has 0 N–H and O–H groups in total. The number of amides is 1. The number of carbonyl (C=O) groups is 1. The molecule has 0 aliphatic rings. The van der Waals surface area contributed by atoms with Gasteiger partial charge in [0.2, 0.25) is 0 Å². The first-order valence-electron chi connectivity index (χ1n) is 9.13. The minimum atomic E-state index is -0.725. The van der Waals surface area contributed by atoms with Crippen LogP contribution in [0.3, 0.4) is 0 Å². The summed E-state index contributed by atoms with van der Waals surface area (Å²) in [5, 5.41) is 4.07. The zero-order valence-electron chi connectivity index (χ0n) is 16.2. The zero-order chi connectivity index (χ0) is 20.1. The SMILES string of the molecule is CCOCN(C(=O)Cn1nc(-c2ccco2)oc1=O)c1c(C)cccc1CC. The topological polar surface area (TPSA) is 90.7 Å². The number of aromatic nitrogens is 2. The standard InChI is InChI=1S/C20H23N3O5/c1-4-15-9-6-8-14(3)18(15)22(13-26-5-2)17(24)12-23-20(25)28-19(21-23)16-10-7-11-27-16/h6-11H,4-5,12-13H2,1-3H3. The number of ether oxygens (including phenoxy) is 1. The molecule has 0 radical (unpaired) electrons. The maximum atomic E-state index is 13.1. The molecular formula is C20H23N3O5. The van der Waals surface area contributed by atoms with Crippen molar-refractivity contribution in [2.75, 3.05) is 18.2 Å². The van der Waals surface area contributed by atoms with Crippen LogP contribution in [-0.4, -0.2) is 29.0 Å². The minimum Gasteiger partial charge on any atom is -0.459 e. The van der Waals surface area contributed by atoms with Crippen LogP contribution < -0.4 is 10.7 Å². The van der Waals surface area contributed by atoms with Crippen LogP contribution >= 0.6 is 0 Å². The normalized spacial score (nSPS) is 11.0. The van der Waals surface area contributed by atoms with Gasteiger partial charge in [0.05, 0.1) is 12.0 Å². The van der Waals surface area contributed by atoms with Crippen molar-refractivity contribution in [1.82, 2.24) is 9.78 Å². The van der Waals surface area contributed by atoms with Gasteiger partial charge in [-0.05, 0) is 43.5 Å². The Labute approximate surface area is 162 Å². The van der Waals surface area contributed by atoms with E-state index in [1.165, 1.54) is 6.26 Å². The van der Waals surface area contributed by atoms with Gasteiger partial charge in [-0.3, -0.25) is 9.69 Å². The molecule has 0 unspecified atom stereocenters. The second kappa shape index (κ2) is 8.71. The summed E-state index contributed by atoms with van der Waals surface area (Å²) in [7, 11) is 0. The van der Waals surface area contributed by atoms with Gasteiger partial charge in [0, 0.05) is 6.61 Å². The molecule has 0 saturated carbocycles. The Balaban J connectivity index is 1.90. The second-order valence-corrected chi connectivity index (χ2v) is 6.19. The molecule has 0 saturated heterocycles. The van der Waals surface area contributed by atoms with Crippen molar-refractivity contribution in [3.05, 3.63) is 58.3 Å². The fourth-order valence-corrected chi connectivity index (χ4v) is 2.95. The molecule has 0 bridgehead atoms. The highest BCUT2D eigenvalue weighted by molar-refractivity contribution is 5.94.